The molecule has 0 aliphatic carbocycles. The number of ether oxygens (including phenoxy) is 10. The van der Waals surface area contributed by atoms with Gasteiger partial charge >= 0.3 is 26.0 Å². The van der Waals surface area contributed by atoms with Gasteiger partial charge in [-0.15, -0.1) is 34.5 Å². The fraction of sp³-hybridized carbons (Fsp3) is 0.500. The molecule has 6 aromatic rings. The van der Waals surface area contributed by atoms with Crippen molar-refractivity contribution in [1.82, 2.24) is 20.4 Å². The number of ketones is 1. The summed E-state index contributed by atoms with van der Waals surface area (Å²) >= 11 is 14.2. The Morgan fingerprint density at radius 1 is 0.622 bits per heavy atom. The number of urea groups is 1. The number of carbonyl (C=O) groups is 8. The number of alkyl halides is 2. The van der Waals surface area contributed by atoms with Gasteiger partial charge in [-0.3, -0.25) is 33.8 Å². The average Bonchev–Trinajstić information content (AvgIpc) is 1.63. The van der Waals surface area contributed by atoms with Crippen LogP contribution in [0.15, 0.2) is 97.1 Å². The molecular weight excluding hydrogens is 1520 g/mol. The minimum atomic E-state index is -5.02. The largest absolute Gasteiger partial charge is 0.524 e. The monoisotopic (exact) mass is 1620 g/mol. The van der Waals surface area contributed by atoms with Gasteiger partial charge in [-0.1, -0.05) is 74.5 Å². The van der Waals surface area contributed by atoms with Crippen LogP contribution < -0.4 is 46.5 Å². The fourth-order valence-electron chi connectivity index (χ4n) is 12.7. The van der Waals surface area contributed by atoms with Crippen LogP contribution in [0.1, 0.15) is 87.4 Å². The molecule has 4 atom stereocenters. The van der Waals surface area contributed by atoms with E-state index in [4.69, 9.17) is 86.6 Å². The van der Waals surface area contributed by atoms with E-state index >= 15 is 0 Å². The number of phosphoric ester groups is 1. The Labute approximate surface area is 658 Å². The molecule has 3 heterocycles. The van der Waals surface area contributed by atoms with E-state index < -0.39 is 61.6 Å². The first-order valence-electron chi connectivity index (χ1n) is 36.6. The van der Waals surface area contributed by atoms with Crippen molar-refractivity contribution in [2.45, 2.75) is 64.0 Å². The van der Waals surface area contributed by atoms with Gasteiger partial charge in [0.25, 0.3) is 11.8 Å². The number of carbonyl (C=O) groups excluding carboxylic acids is 8. The number of hydrogen-bond acceptors (Lipinski definition) is 22. The SMILES string of the molecule is COCCN(CCN(CCOC)C(=O)Oc1cc2c(c3ccccc13)[C@H](CCl)CN2C(=O)c1ccc(C(=O)N2C[C@@H](CCl)c3c2cc(OP(=O)(O)O)c2ccccc32)s1)C(=O)OCc1ccc(NC(=O)[C@H](CCCNC(N)=O)CC(=O)[C@@H](NC(=O)CCOCCOCCOCCOCCOCCOCCN)C(C)C)cc1. The molecule has 9 N–H and O–H groups in total. The van der Waals surface area contributed by atoms with Crippen LogP contribution in [0.5, 0.6) is 11.5 Å². The Bertz CT molecular complexity index is 4120. The van der Waals surface area contributed by atoms with E-state index in [0.29, 0.717) is 122 Å². The standard InChI is InChI=1S/C76H100Cl2N9O22PS/c1-50(2)70(83-67(89)21-28-101-32-34-103-36-38-105-40-41-106-39-37-104-35-33-102-29-22-79)62(88)42-52(10-9-23-81-74(80)93)71(90)82-55-17-15-51(16-18-55)49-107-75(94)84(26-30-99-3)24-25-85(27-31-100-4)76(95)108-63-43-60-68(58-13-7-5-11-56(58)63)53(45-77)47-86(60)72(91)65-19-20-66(111-65)73(92)87-48-54(46-78)69-59-14-8-6-12-57(59)64(44-61(69)87)109-110(96,97)98/h5-8,11-20,43-44,50,52-54,70H,9-10,21-42,45-49,79H2,1-4H3,(H,82,90)(H,83,89)(H3,80,81,93)(H2,96,97,98)/t52-,53-,54-,70+/m1/s1. The third-order valence-electron chi connectivity index (χ3n) is 18.2. The molecule has 2 aliphatic heterocycles. The Morgan fingerprint density at radius 3 is 1.58 bits per heavy atom. The van der Waals surface area contributed by atoms with Crippen LogP contribution in [0.4, 0.5) is 31.4 Å². The lowest BCUT2D eigenvalue weighted by Crippen LogP contribution is -2.45. The Morgan fingerprint density at radius 2 is 1.10 bits per heavy atom. The second-order valence-electron chi connectivity index (χ2n) is 26.4. The predicted molar refractivity (Wildman–Crippen MR) is 419 cm³/mol. The molecule has 0 unspecified atom stereocenters. The van der Waals surface area contributed by atoms with Crippen molar-refractivity contribution in [2.24, 2.45) is 23.3 Å². The number of methoxy groups -OCH3 is 2. The van der Waals surface area contributed by atoms with E-state index in [1.165, 1.54) is 35.0 Å². The molecule has 2 aliphatic rings. The van der Waals surface area contributed by atoms with Gasteiger partial charge in [0.05, 0.1) is 120 Å². The number of rotatable bonds is 49. The normalized spacial score (nSPS) is 14.4. The zero-order valence-electron chi connectivity index (χ0n) is 62.7. The molecule has 606 valence electrons. The Hall–Kier alpha value is -8.15. The number of halogens is 2. The van der Waals surface area contributed by atoms with E-state index in [-0.39, 0.29) is 161 Å². The molecule has 5 aromatic carbocycles. The lowest BCUT2D eigenvalue weighted by atomic mass is 9.89. The maximum absolute atomic E-state index is 14.9. The first-order chi connectivity index (χ1) is 53.6. The number of amides is 8. The number of anilines is 3. The molecule has 0 radical (unpaired) electrons. The number of nitrogens with one attached hydrogen (secondary N) is 3. The molecular formula is C76H100Cl2N9O22PS. The molecule has 8 amide bonds. The topological polar surface area (TPSA) is 397 Å². The van der Waals surface area contributed by atoms with E-state index in [1.807, 2.05) is 12.1 Å². The van der Waals surface area contributed by atoms with Gasteiger partial charge in [0.2, 0.25) is 11.8 Å². The number of hydrogen-bond donors (Lipinski definition) is 7. The second-order valence-corrected chi connectivity index (χ2v) is 29.2. The lowest BCUT2D eigenvalue weighted by molar-refractivity contribution is -0.131. The van der Waals surface area contributed by atoms with Crippen molar-refractivity contribution in [2.75, 3.05) is 186 Å². The zero-order valence-corrected chi connectivity index (χ0v) is 66.0. The molecule has 0 fully saturated rings. The second kappa shape index (κ2) is 45.5. The zero-order chi connectivity index (χ0) is 79.8. The third-order valence-corrected chi connectivity index (χ3v) is 20.4. The number of thiophene rings is 1. The summed E-state index contributed by atoms with van der Waals surface area (Å²) < 4.78 is 72.8. The van der Waals surface area contributed by atoms with E-state index in [2.05, 4.69) is 16.0 Å². The van der Waals surface area contributed by atoms with Gasteiger partial charge in [-0.2, -0.15) is 0 Å². The van der Waals surface area contributed by atoms with Crippen molar-refractivity contribution in [1.29, 1.82) is 0 Å². The van der Waals surface area contributed by atoms with Crippen LogP contribution >= 0.6 is 42.4 Å². The Balaban J connectivity index is 0.840. The van der Waals surface area contributed by atoms with Crippen LogP contribution in [0.3, 0.4) is 0 Å². The average molecular weight is 1630 g/mol. The molecule has 0 saturated heterocycles. The van der Waals surface area contributed by atoms with Crippen LogP contribution in [0.25, 0.3) is 21.5 Å². The molecule has 0 spiro atoms. The van der Waals surface area contributed by atoms with Crippen molar-refractivity contribution in [3.63, 3.8) is 0 Å². The molecule has 0 saturated carbocycles. The molecule has 8 rings (SSSR count). The van der Waals surface area contributed by atoms with Crippen molar-refractivity contribution < 1.29 is 105 Å². The summed E-state index contributed by atoms with van der Waals surface area (Å²) in [5.41, 5.74) is 13.9. The molecule has 0 bridgehead atoms. The number of Topliss-reactive ketones (excluding diaryl/α,β-unsaturated/α-hetero) is 1. The van der Waals surface area contributed by atoms with Crippen LogP contribution in [0.2, 0.25) is 0 Å². The van der Waals surface area contributed by atoms with Crippen LogP contribution in [0, 0.1) is 11.8 Å². The highest BCUT2D eigenvalue weighted by Gasteiger charge is 2.40. The van der Waals surface area contributed by atoms with Gasteiger partial charge < -0.3 is 98.9 Å². The van der Waals surface area contributed by atoms with E-state index in [1.54, 1.807) is 97.6 Å². The molecule has 111 heavy (non-hydrogen) atoms. The third kappa shape index (κ3) is 26.5. The van der Waals surface area contributed by atoms with Gasteiger partial charge in [-0.25, -0.2) is 18.9 Å². The maximum atomic E-state index is 14.9. The summed E-state index contributed by atoms with van der Waals surface area (Å²) in [4.78, 5) is 136. The summed E-state index contributed by atoms with van der Waals surface area (Å²) in [7, 11) is -2.07. The first-order valence-corrected chi connectivity index (χ1v) is 40.0. The summed E-state index contributed by atoms with van der Waals surface area (Å²) in [6.07, 6.45) is -1.27. The van der Waals surface area contributed by atoms with Crippen molar-refractivity contribution in [3.8, 4) is 11.5 Å². The van der Waals surface area contributed by atoms with Gasteiger partial charge in [0, 0.05) is 138 Å². The van der Waals surface area contributed by atoms with Crippen LogP contribution in [-0.2, 0) is 68.2 Å². The quantitative estimate of drug-likeness (QED) is 0.0106. The first kappa shape index (κ1) is 88.4. The van der Waals surface area contributed by atoms with Crippen LogP contribution in [-0.4, -0.2) is 244 Å². The number of nitrogens with two attached hydrogens (primary N) is 2. The van der Waals surface area contributed by atoms with E-state index in [9.17, 15) is 52.7 Å². The highest BCUT2D eigenvalue weighted by Crippen LogP contribution is 2.50. The van der Waals surface area contributed by atoms with Gasteiger partial charge in [0.1, 0.15) is 18.1 Å². The number of phosphoric acid groups is 1. The summed E-state index contributed by atoms with van der Waals surface area (Å²) in [5, 5.41) is 10.5. The van der Waals surface area contributed by atoms with Crippen molar-refractivity contribution in [3.05, 3.63) is 124 Å². The summed E-state index contributed by atoms with van der Waals surface area (Å²) in [6.45, 7) is 9.00. The van der Waals surface area contributed by atoms with Gasteiger partial charge in [0.15, 0.2) is 5.78 Å². The number of benzene rings is 5. The number of fused-ring (bicyclic) bond motifs is 6. The smallest absolute Gasteiger partial charge is 0.445 e. The highest BCUT2D eigenvalue weighted by molar-refractivity contribution is 7.46. The summed E-state index contributed by atoms with van der Waals surface area (Å²) in [5.74, 6) is -3.79. The lowest BCUT2D eigenvalue weighted by Gasteiger charge is -2.27. The fourth-order valence-corrected chi connectivity index (χ4v) is 14.5. The highest BCUT2D eigenvalue weighted by atomic mass is 35.5. The Kier molecular flexibility index (Phi) is 36.3. The predicted octanol–water partition coefficient (Wildman–Crippen LogP) is 8.78. The minimum Gasteiger partial charge on any atom is -0.445 e. The van der Waals surface area contributed by atoms with E-state index in [0.717, 1.165) is 16.9 Å². The molecule has 1 aromatic heterocycles. The number of primary amides is 1. The minimum absolute atomic E-state index is 0.0230. The van der Waals surface area contributed by atoms with Gasteiger partial charge in [-0.05, 0) is 70.5 Å². The van der Waals surface area contributed by atoms with Crippen molar-refractivity contribution >= 4 is 129 Å². The molecule has 31 nitrogen and oxygen atoms in total. The molecule has 35 heteroatoms. The summed E-state index contributed by atoms with van der Waals surface area (Å²) in [6, 6.07) is 25.2. The maximum Gasteiger partial charge on any atom is 0.524 e. The number of nitrogens with zero attached hydrogens (tertiary/aromatic N) is 4.